The van der Waals surface area contributed by atoms with Crippen LogP contribution in [0.1, 0.15) is 22.8 Å². The summed E-state index contributed by atoms with van der Waals surface area (Å²) >= 11 is 0. The maximum absolute atomic E-state index is 12.6. The molecule has 0 saturated carbocycles. The number of carbonyl (C=O) groups excluding carboxylic acids is 2. The van der Waals surface area contributed by atoms with Crippen LogP contribution in [0.2, 0.25) is 0 Å². The predicted octanol–water partition coefficient (Wildman–Crippen LogP) is 2.83. The fourth-order valence-electron chi connectivity index (χ4n) is 1.98. The zero-order valence-corrected chi connectivity index (χ0v) is 11.2. The van der Waals surface area contributed by atoms with Crippen molar-refractivity contribution in [3.8, 4) is 0 Å². The third-order valence-corrected chi connectivity index (χ3v) is 3.07. The third-order valence-electron chi connectivity index (χ3n) is 3.07. The van der Waals surface area contributed by atoms with Crippen LogP contribution in [0, 0.1) is 0 Å². The highest BCUT2D eigenvalue weighted by molar-refractivity contribution is 6.32. The van der Waals surface area contributed by atoms with Gasteiger partial charge in [-0.25, -0.2) is 0 Å². The van der Waals surface area contributed by atoms with Gasteiger partial charge in [0.1, 0.15) is 0 Å². The van der Waals surface area contributed by atoms with Gasteiger partial charge in [-0.05, 0) is 12.5 Å². The number of hydrogen-bond donors (Lipinski definition) is 1. The van der Waals surface area contributed by atoms with Gasteiger partial charge in [-0.15, -0.1) is 0 Å². The number of carbonyl (C=O) groups is 2. The Morgan fingerprint density at radius 3 is 1.70 bits per heavy atom. The van der Waals surface area contributed by atoms with E-state index in [4.69, 9.17) is 5.73 Å². The van der Waals surface area contributed by atoms with Crippen molar-refractivity contribution >= 4 is 17.3 Å². The number of hydrogen-bond acceptors (Lipinski definition) is 2. The highest BCUT2D eigenvalue weighted by atomic mass is 16.1. The number of ketones is 1. The molecule has 20 heavy (non-hydrogen) atoms. The van der Waals surface area contributed by atoms with Gasteiger partial charge in [0.25, 0.3) is 0 Å². The SMILES string of the molecule is CC(C(N)=O)=C(C(=O)c1ccccc1)c1ccccc1. The zero-order chi connectivity index (χ0) is 14.5. The van der Waals surface area contributed by atoms with Crippen LogP contribution in [-0.2, 0) is 4.79 Å². The molecule has 0 aliphatic carbocycles. The van der Waals surface area contributed by atoms with Crippen molar-refractivity contribution < 1.29 is 9.59 Å². The number of rotatable bonds is 4. The van der Waals surface area contributed by atoms with E-state index >= 15 is 0 Å². The lowest BCUT2D eigenvalue weighted by Crippen LogP contribution is -2.16. The molecule has 0 radical (unpaired) electrons. The summed E-state index contributed by atoms with van der Waals surface area (Å²) in [6.45, 7) is 1.57. The molecule has 3 heteroatoms. The molecule has 0 bridgehead atoms. The van der Waals surface area contributed by atoms with Crippen LogP contribution < -0.4 is 5.73 Å². The van der Waals surface area contributed by atoms with Crippen LogP contribution >= 0.6 is 0 Å². The van der Waals surface area contributed by atoms with Crippen molar-refractivity contribution in [3.05, 3.63) is 77.4 Å². The second kappa shape index (κ2) is 5.97. The maximum atomic E-state index is 12.6. The van der Waals surface area contributed by atoms with E-state index in [0.717, 1.165) is 0 Å². The van der Waals surface area contributed by atoms with Gasteiger partial charge >= 0.3 is 0 Å². The van der Waals surface area contributed by atoms with Gasteiger partial charge in [-0.1, -0.05) is 60.7 Å². The second-order valence-electron chi connectivity index (χ2n) is 4.43. The predicted molar refractivity (Wildman–Crippen MR) is 79.0 cm³/mol. The smallest absolute Gasteiger partial charge is 0.245 e. The molecule has 2 aromatic rings. The first-order valence-electron chi connectivity index (χ1n) is 6.27. The van der Waals surface area contributed by atoms with E-state index in [2.05, 4.69) is 0 Å². The van der Waals surface area contributed by atoms with E-state index in [1.807, 2.05) is 24.3 Å². The molecular weight excluding hydrogens is 250 g/mol. The summed E-state index contributed by atoms with van der Waals surface area (Å²) in [7, 11) is 0. The Morgan fingerprint density at radius 2 is 1.25 bits per heavy atom. The van der Waals surface area contributed by atoms with E-state index in [9.17, 15) is 9.59 Å². The lowest BCUT2D eigenvalue weighted by molar-refractivity contribution is -0.114. The molecule has 2 aromatic carbocycles. The van der Waals surface area contributed by atoms with Gasteiger partial charge in [-0.3, -0.25) is 9.59 Å². The average Bonchev–Trinajstić information content (AvgIpc) is 2.49. The van der Waals surface area contributed by atoms with Crippen molar-refractivity contribution in [2.24, 2.45) is 5.73 Å². The topological polar surface area (TPSA) is 60.2 Å². The van der Waals surface area contributed by atoms with Crippen molar-refractivity contribution in [1.82, 2.24) is 0 Å². The van der Waals surface area contributed by atoms with Crippen molar-refractivity contribution in [1.29, 1.82) is 0 Å². The molecule has 0 fully saturated rings. The van der Waals surface area contributed by atoms with E-state index in [1.54, 1.807) is 43.3 Å². The second-order valence-corrected chi connectivity index (χ2v) is 4.43. The van der Waals surface area contributed by atoms with Gasteiger partial charge in [0.15, 0.2) is 5.78 Å². The first-order chi connectivity index (χ1) is 9.61. The molecule has 2 N–H and O–H groups in total. The average molecular weight is 265 g/mol. The summed E-state index contributed by atoms with van der Waals surface area (Å²) in [6.07, 6.45) is 0. The Hall–Kier alpha value is -2.68. The Bertz CT molecular complexity index is 658. The summed E-state index contributed by atoms with van der Waals surface area (Å²) in [5.74, 6) is -0.791. The molecule has 0 saturated heterocycles. The number of primary amides is 1. The van der Waals surface area contributed by atoms with Gasteiger partial charge < -0.3 is 5.73 Å². The van der Waals surface area contributed by atoms with E-state index in [1.165, 1.54) is 0 Å². The Balaban J connectivity index is 2.58. The number of benzene rings is 2. The van der Waals surface area contributed by atoms with Crippen LogP contribution in [0.3, 0.4) is 0 Å². The summed E-state index contributed by atoms with van der Waals surface area (Å²) in [4.78, 5) is 24.1. The maximum Gasteiger partial charge on any atom is 0.245 e. The molecule has 100 valence electrons. The van der Waals surface area contributed by atoms with Crippen molar-refractivity contribution in [2.75, 3.05) is 0 Å². The Labute approximate surface area is 117 Å². The number of nitrogens with two attached hydrogens (primary N) is 1. The fourth-order valence-corrected chi connectivity index (χ4v) is 1.98. The fraction of sp³-hybridized carbons (Fsp3) is 0.0588. The monoisotopic (exact) mass is 265 g/mol. The minimum atomic E-state index is -0.590. The molecule has 2 rings (SSSR count). The minimum absolute atomic E-state index is 0.201. The Morgan fingerprint density at radius 1 is 0.800 bits per heavy atom. The van der Waals surface area contributed by atoms with Crippen LogP contribution in [-0.4, -0.2) is 11.7 Å². The highest BCUT2D eigenvalue weighted by Crippen LogP contribution is 2.23. The van der Waals surface area contributed by atoms with Crippen LogP contribution in [0.4, 0.5) is 0 Å². The van der Waals surface area contributed by atoms with Gasteiger partial charge in [0.05, 0.1) is 0 Å². The minimum Gasteiger partial charge on any atom is -0.366 e. The van der Waals surface area contributed by atoms with Crippen LogP contribution in [0.25, 0.3) is 5.57 Å². The molecule has 3 nitrogen and oxygen atoms in total. The molecule has 0 aliphatic rings. The molecule has 0 spiro atoms. The van der Waals surface area contributed by atoms with E-state index in [-0.39, 0.29) is 11.4 Å². The molecule has 0 atom stereocenters. The van der Waals surface area contributed by atoms with Gasteiger partial charge in [-0.2, -0.15) is 0 Å². The first-order valence-corrected chi connectivity index (χ1v) is 6.27. The number of allylic oxidation sites excluding steroid dienone is 1. The lowest BCUT2D eigenvalue weighted by Gasteiger charge is -2.10. The van der Waals surface area contributed by atoms with Crippen LogP contribution in [0.5, 0.6) is 0 Å². The molecule has 0 unspecified atom stereocenters. The summed E-state index contributed by atoms with van der Waals surface area (Å²) in [5.41, 5.74) is 7.19. The first kappa shape index (κ1) is 13.7. The van der Waals surface area contributed by atoms with Crippen LogP contribution in [0.15, 0.2) is 66.2 Å². The largest absolute Gasteiger partial charge is 0.366 e. The standard InChI is InChI=1S/C17H15NO2/c1-12(17(18)20)15(13-8-4-2-5-9-13)16(19)14-10-6-3-7-11-14/h2-11H,1H3,(H2,18,20). The molecule has 0 aromatic heterocycles. The lowest BCUT2D eigenvalue weighted by atomic mass is 9.92. The third kappa shape index (κ3) is 2.83. The number of Topliss-reactive ketones (excluding diaryl/α,β-unsaturated/α-hetero) is 1. The summed E-state index contributed by atoms with van der Waals surface area (Å²) in [6, 6.07) is 17.9. The van der Waals surface area contributed by atoms with E-state index < -0.39 is 5.91 Å². The highest BCUT2D eigenvalue weighted by Gasteiger charge is 2.19. The molecule has 0 heterocycles. The quantitative estimate of drug-likeness (QED) is 0.682. The molecule has 0 aliphatic heterocycles. The zero-order valence-electron chi connectivity index (χ0n) is 11.2. The van der Waals surface area contributed by atoms with Crippen molar-refractivity contribution in [3.63, 3.8) is 0 Å². The number of amides is 1. The Kier molecular flexibility index (Phi) is 4.11. The molecule has 1 amide bonds. The van der Waals surface area contributed by atoms with E-state index in [0.29, 0.717) is 16.7 Å². The van der Waals surface area contributed by atoms with Gasteiger partial charge in [0.2, 0.25) is 5.91 Å². The summed E-state index contributed by atoms with van der Waals surface area (Å²) < 4.78 is 0. The van der Waals surface area contributed by atoms with Gasteiger partial charge in [0, 0.05) is 16.7 Å². The van der Waals surface area contributed by atoms with Crippen molar-refractivity contribution in [2.45, 2.75) is 6.92 Å². The molecular formula is C17H15NO2. The normalized spacial score (nSPS) is 11.7. The summed E-state index contributed by atoms with van der Waals surface area (Å²) in [5, 5.41) is 0.